The number of carbonyl (C=O) groups is 1. The number of hydrogen-bond donors (Lipinski definition) is 2. The average Bonchev–Trinajstić information content (AvgIpc) is 2.60. The van der Waals surface area contributed by atoms with Crippen molar-refractivity contribution in [2.75, 3.05) is 5.32 Å². The fourth-order valence-corrected chi connectivity index (χ4v) is 2.50. The highest BCUT2D eigenvalue weighted by Crippen LogP contribution is 2.18. The monoisotopic (exact) mass is 370 g/mol. The van der Waals surface area contributed by atoms with Gasteiger partial charge in [0.25, 0.3) is 5.91 Å². The minimum absolute atomic E-state index is 0.240. The van der Waals surface area contributed by atoms with Crippen molar-refractivity contribution in [3.63, 3.8) is 0 Å². The lowest BCUT2D eigenvalue weighted by molar-refractivity contribution is 0.0945. The molecule has 1 aromatic heterocycles. The van der Waals surface area contributed by atoms with E-state index >= 15 is 0 Å². The lowest BCUT2D eigenvalue weighted by Crippen LogP contribution is -2.24. The van der Waals surface area contributed by atoms with E-state index < -0.39 is 0 Å². The summed E-state index contributed by atoms with van der Waals surface area (Å²) in [6.45, 7) is 2.06. The number of aromatic nitrogens is 2. The van der Waals surface area contributed by atoms with E-state index in [1.165, 1.54) is 12.1 Å². The molecule has 3 aromatic rings. The molecule has 2 aromatic carbocycles. The lowest BCUT2D eigenvalue weighted by Gasteiger charge is -2.09. The van der Waals surface area contributed by atoms with Gasteiger partial charge in [-0.15, -0.1) is 0 Å². The Kier molecular flexibility index (Phi) is 5.43. The van der Waals surface area contributed by atoms with Gasteiger partial charge in [0.2, 0.25) is 5.95 Å². The molecule has 0 saturated heterocycles. The van der Waals surface area contributed by atoms with Gasteiger partial charge in [0, 0.05) is 22.9 Å². The van der Waals surface area contributed by atoms with E-state index in [1.54, 1.807) is 43.3 Å². The number of rotatable bonds is 5. The van der Waals surface area contributed by atoms with Crippen LogP contribution in [0.5, 0.6) is 0 Å². The molecule has 0 spiro atoms. The third-order valence-electron chi connectivity index (χ3n) is 3.53. The van der Waals surface area contributed by atoms with Crippen molar-refractivity contribution in [1.82, 2.24) is 15.3 Å². The van der Waals surface area contributed by atoms with Crippen LogP contribution in [0.15, 0.2) is 54.6 Å². The molecule has 0 unspecified atom stereocenters. The van der Waals surface area contributed by atoms with Gasteiger partial charge in [0.1, 0.15) is 11.5 Å². The second-order valence-corrected chi connectivity index (χ2v) is 6.10. The topological polar surface area (TPSA) is 66.9 Å². The molecule has 0 radical (unpaired) electrons. The van der Waals surface area contributed by atoms with E-state index in [0.717, 1.165) is 11.3 Å². The number of aryl methyl sites for hydroxylation is 1. The van der Waals surface area contributed by atoms with E-state index in [1.807, 2.05) is 6.07 Å². The summed E-state index contributed by atoms with van der Waals surface area (Å²) in [5.41, 5.74) is 2.41. The van der Waals surface area contributed by atoms with Crippen LogP contribution < -0.4 is 10.6 Å². The molecule has 1 heterocycles. The van der Waals surface area contributed by atoms with Crippen molar-refractivity contribution >= 4 is 29.1 Å². The Labute approximate surface area is 155 Å². The van der Waals surface area contributed by atoms with Crippen LogP contribution in [0.1, 0.15) is 21.7 Å². The highest BCUT2D eigenvalue weighted by atomic mass is 35.5. The molecule has 3 rings (SSSR count). The Morgan fingerprint density at radius 3 is 2.62 bits per heavy atom. The number of nitrogens with zero attached hydrogens (tertiary/aromatic N) is 2. The van der Waals surface area contributed by atoms with Crippen molar-refractivity contribution in [1.29, 1.82) is 0 Å². The van der Waals surface area contributed by atoms with Gasteiger partial charge in [-0.1, -0.05) is 29.8 Å². The molecule has 0 aliphatic rings. The number of nitrogens with one attached hydrogen (secondary N) is 2. The Bertz CT molecular complexity index is 931. The summed E-state index contributed by atoms with van der Waals surface area (Å²) >= 11 is 5.96. The quantitative estimate of drug-likeness (QED) is 0.704. The van der Waals surface area contributed by atoms with Crippen LogP contribution in [0.4, 0.5) is 16.0 Å². The van der Waals surface area contributed by atoms with Gasteiger partial charge in [-0.05, 0) is 48.9 Å². The Hall–Kier alpha value is -2.99. The maximum Gasteiger partial charge on any atom is 0.270 e. The number of hydrogen-bond acceptors (Lipinski definition) is 4. The van der Waals surface area contributed by atoms with E-state index in [4.69, 9.17) is 11.6 Å². The molecule has 7 heteroatoms. The van der Waals surface area contributed by atoms with E-state index in [9.17, 15) is 9.18 Å². The molecule has 0 aliphatic carbocycles. The summed E-state index contributed by atoms with van der Waals surface area (Å²) in [5.74, 6) is -0.351. The molecule has 5 nitrogen and oxygen atoms in total. The van der Waals surface area contributed by atoms with Crippen molar-refractivity contribution in [2.24, 2.45) is 0 Å². The maximum absolute atomic E-state index is 12.9. The van der Waals surface area contributed by atoms with E-state index in [0.29, 0.717) is 16.7 Å². The molecule has 2 N–H and O–H groups in total. The Morgan fingerprint density at radius 1 is 1.12 bits per heavy atom. The number of amides is 1. The first-order chi connectivity index (χ1) is 12.5. The summed E-state index contributed by atoms with van der Waals surface area (Å²) in [7, 11) is 0. The fourth-order valence-electron chi connectivity index (χ4n) is 2.31. The van der Waals surface area contributed by atoms with Crippen molar-refractivity contribution in [3.05, 3.63) is 82.4 Å². The summed E-state index contributed by atoms with van der Waals surface area (Å²) in [6, 6.07) is 14.7. The van der Waals surface area contributed by atoms with Gasteiger partial charge in [0.15, 0.2) is 0 Å². The van der Waals surface area contributed by atoms with Crippen LogP contribution >= 0.6 is 11.6 Å². The van der Waals surface area contributed by atoms with E-state index in [-0.39, 0.29) is 24.0 Å². The van der Waals surface area contributed by atoms with Crippen LogP contribution in [0, 0.1) is 12.7 Å². The first-order valence-electron chi connectivity index (χ1n) is 7.90. The van der Waals surface area contributed by atoms with Gasteiger partial charge < -0.3 is 10.6 Å². The zero-order valence-corrected chi connectivity index (χ0v) is 14.7. The summed E-state index contributed by atoms with van der Waals surface area (Å²) in [6.07, 6.45) is 0. The minimum atomic E-state index is -0.339. The molecule has 0 aliphatic heterocycles. The SMILES string of the molecule is Cc1cc(C(=O)NCc2ccc(F)cc2)nc(Nc2cccc(Cl)c2)n1. The van der Waals surface area contributed by atoms with Crippen LogP contribution in [-0.2, 0) is 6.54 Å². The molecular formula is C19H16ClFN4O. The van der Waals surface area contributed by atoms with Crippen LogP contribution in [0.25, 0.3) is 0 Å². The van der Waals surface area contributed by atoms with Gasteiger partial charge in [-0.3, -0.25) is 4.79 Å². The van der Waals surface area contributed by atoms with Crippen molar-refractivity contribution in [3.8, 4) is 0 Å². The van der Waals surface area contributed by atoms with Crippen LogP contribution in [0.2, 0.25) is 5.02 Å². The standard InChI is InChI=1S/C19H16ClFN4O/c1-12-9-17(18(26)22-11-13-5-7-15(21)8-6-13)25-19(23-12)24-16-4-2-3-14(20)10-16/h2-10H,11H2,1H3,(H,22,26)(H,23,24,25). The molecule has 0 saturated carbocycles. The summed E-state index contributed by atoms with van der Waals surface area (Å²) < 4.78 is 12.9. The molecule has 0 fully saturated rings. The third-order valence-corrected chi connectivity index (χ3v) is 3.77. The van der Waals surface area contributed by atoms with E-state index in [2.05, 4.69) is 20.6 Å². The van der Waals surface area contributed by atoms with Crippen molar-refractivity contribution in [2.45, 2.75) is 13.5 Å². The minimum Gasteiger partial charge on any atom is -0.347 e. The Balaban J connectivity index is 1.71. The van der Waals surface area contributed by atoms with Gasteiger partial charge in [0.05, 0.1) is 0 Å². The van der Waals surface area contributed by atoms with Crippen molar-refractivity contribution < 1.29 is 9.18 Å². The first-order valence-corrected chi connectivity index (χ1v) is 8.28. The first kappa shape index (κ1) is 17.8. The van der Waals surface area contributed by atoms with Gasteiger partial charge in [-0.2, -0.15) is 0 Å². The zero-order chi connectivity index (χ0) is 18.5. The molecule has 0 atom stereocenters. The van der Waals surface area contributed by atoms with Gasteiger partial charge >= 0.3 is 0 Å². The second-order valence-electron chi connectivity index (χ2n) is 5.66. The largest absolute Gasteiger partial charge is 0.347 e. The number of halogens is 2. The normalized spacial score (nSPS) is 10.4. The smallest absolute Gasteiger partial charge is 0.270 e. The highest BCUT2D eigenvalue weighted by Gasteiger charge is 2.11. The average molecular weight is 371 g/mol. The number of anilines is 2. The summed E-state index contributed by atoms with van der Waals surface area (Å²) in [4.78, 5) is 20.9. The fraction of sp³-hybridized carbons (Fsp3) is 0.105. The third kappa shape index (κ3) is 4.77. The van der Waals surface area contributed by atoms with Crippen LogP contribution in [0.3, 0.4) is 0 Å². The predicted molar refractivity (Wildman–Crippen MR) is 99.1 cm³/mol. The molecule has 0 bridgehead atoms. The maximum atomic E-state index is 12.9. The predicted octanol–water partition coefficient (Wildman–Crippen LogP) is 4.25. The molecule has 132 valence electrons. The number of carbonyl (C=O) groups excluding carboxylic acids is 1. The highest BCUT2D eigenvalue weighted by molar-refractivity contribution is 6.30. The summed E-state index contributed by atoms with van der Waals surface area (Å²) in [5, 5.41) is 6.38. The molecular weight excluding hydrogens is 355 g/mol. The molecule has 26 heavy (non-hydrogen) atoms. The zero-order valence-electron chi connectivity index (χ0n) is 14.0. The second kappa shape index (κ2) is 7.93. The lowest BCUT2D eigenvalue weighted by atomic mass is 10.2. The number of benzene rings is 2. The van der Waals surface area contributed by atoms with Gasteiger partial charge in [-0.25, -0.2) is 14.4 Å². The van der Waals surface area contributed by atoms with Crippen LogP contribution in [-0.4, -0.2) is 15.9 Å². The Morgan fingerprint density at radius 2 is 1.88 bits per heavy atom. The molecule has 1 amide bonds.